The Hall–Kier alpha value is -3.03. The predicted octanol–water partition coefficient (Wildman–Crippen LogP) is 5.93. The first-order valence-corrected chi connectivity index (χ1v) is 11.5. The molecule has 0 fully saturated rings. The Balaban J connectivity index is 1.68. The highest BCUT2D eigenvalue weighted by Crippen LogP contribution is 2.28. The molecule has 154 valence electrons. The number of hydrogen-bond acceptors (Lipinski definition) is 4. The van der Waals surface area contributed by atoms with Crippen LogP contribution in [-0.2, 0) is 5.75 Å². The molecule has 0 aliphatic rings. The summed E-state index contributed by atoms with van der Waals surface area (Å²) in [6.45, 7) is 0. The number of thioether (sulfide) groups is 1. The number of para-hydroxylation sites is 1. The lowest BCUT2D eigenvalue weighted by Crippen LogP contribution is -2.21. The molecule has 5 rings (SSSR count). The molecule has 2 heterocycles. The highest BCUT2D eigenvalue weighted by Gasteiger charge is 2.17. The van der Waals surface area contributed by atoms with Crippen molar-refractivity contribution in [3.63, 3.8) is 0 Å². The Morgan fingerprint density at radius 3 is 2.52 bits per heavy atom. The first kappa shape index (κ1) is 19.9. The highest BCUT2D eigenvalue weighted by atomic mass is 79.9. The van der Waals surface area contributed by atoms with Crippen LogP contribution in [0.5, 0.6) is 5.75 Å². The van der Waals surface area contributed by atoms with E-state index in [9.17, 15) is 4.79 Å². The molecular weight excluding hydrogens is 474 g/mol. The van der Waals surface area contributed by atoms with Gasteiger partial charge in [-0.3, -0.25) is 9.36 Å². The van der Waals surface area contributed by atoms with Crippen LogP contribution >= 0.6 is 27.7 Å². The second-order valence-corrected chi connectivity index (χ2v) is 8.90. The van der Waals surface area contributed by atoms with Gasteiger partial charge < -0.3 is 9.72 Å². The van der Waals surface area contributed by atoms with Crippen molar-refractivity contribution in [2.24, 2.45) is 0 Å². The van der Waals surface area contributed by atoms with Crippen molar-refractivity contribution in [2.75, 3.05) is 7.11 Å². The van der Waals surface area contributed by atoms with E-state index in [2.05, 4.69) is 33.0 Å². The summed E-state index contributed by atoms with van der Waals surface area (Å²) in [7, 11) is 1.62. The predicted molar refractivity (Wildman–Crippen MR) is 129 cm³/mol. The molecule has 2 aromatic heterocycles. The number of nitrogens with one attached hydrogen (secondary N) is 1. The average molecular weight is 492 g/mol. The molecule has 0 atom stereocenters. The standard InChI is InChI=1S/C24H18BrN3O2S/c1-30-18-12-10-17(11-13-18)28-23(29)22-21(19-4-2-3-5-20(19)26-22)27-24(28)31-14-15-6-8-16(25)9-7-15/h2-13,26H,14H2,1H3. The van der Waals surface area contributed by atoms with Crippen LogP contribution in [0, 0.1) is 0 Å². The van der Waals surface area contributed by atoms with Crippen LogP contribution in [0.2, 0.25) is 0 Å². The van der Waals surface area contributed by atoms with Crippen molar-refractivity contribution < 1.29 is 4.74 Å². The van der Waals surface area contributed by atoms with Crippen LogP contribution in [-0.4, -0.2) is 21.6 Å². The molecule has 0 aliphatic heterocycles. The molecule has 0 saturated carbocycles. The number of H-pyrrole nitrogens is 1. The van der Waals surface area contributed by atoms with Gasteiger partial charge in [-0.1, -0.05) is 58.0 Å². The number of aromatic nitrogens is 3. The van der Waals surface area contributed by atoms with Crippen LogP contribution in [0.3, 0.4) is 0 Å². The fourth-order valence-corrected chi connectivity index (χ4v) is 4.75. The Bertz CT molecular complexity index is 1440. The number of methoxy groups -OCH3 is 1. The Labute approximate surface area is 191 Å². The third-order valence-corrected chi connectivity index (χ3v) is 6.64. The van der Waals surface area contributed by atoms with Crippen LogP contribution in [0.25, 0.3) is 27.6 Å². The molecule has 0 radical (unpaired) electrons. The van der Waals surface area contributed by atoms with Gasteiger partial charge in [-0.15, -0.1) is 0 Å². The minimum atomic E-state index is -0.121. The lowest BCUT2D eigenvalue weighted by molar-refractivity contribution is 0.414. The normalized spacial score (nSPS) is 11.3. The molecule has 31 heavy (non-hydrogen) atoms. The van der Waals surface area contributed by atoms with E-state index in [4.69, 9.17) is 9.72 Å². The molecule has 7 heteroatoms. The van der Waals surface area contributed by atoms with Gasteiger partial charge in [0.15, 0.2) is 5.16 Å². The van der Waals surface area contributed by atoms with E-state index in [1.807, 2.05) is 60.7 Å². The van der Waals surface area contributed by atoms with Gasteiger partial charge in [-0.2, -0.15) is 0 Å². The lowest BCUT2D eigenvalue weighted by atomic mass is 10.2. The van der Waals surface area contributed by atoms with Crippen LogP contribution in [0.4, 0.5) is 0 Å². The average Bonchev–Trinajstić information content (AvgIpc) is 3.18. The van der Waals surface area contributed by atoms with Crippen molar-refractivity contribution in [2.45, 2.75) is 10.9 Å². The first-order valence-electron chi connectivity index (χ1n) is 9.69. The molecule has 5 nitrogen and oxygen atoms in total. The van der Waals surface area contributed by atoms with Gasteiger partial charge in [-0.25, -0.2) is 4.98 Å². The smallest absolute Gasteiger partial charge is 0.283 e. The summed E-state index contributed by atoms with van der Waals surface area (Å²) in [5, 5.41) is 1.59. The summed E-state index contributed by atoms with van der Waals surface area (Å²) in [5.41, 5.74) is 3.89. The van der Waals surface area contributed by atoms with Crippen molar-refractivity contribution in [3.05, 3.63) is 93.2 Å². The molecule has 0 saturated heterocycles. The number of rotatable bonds is 5. The van der Waals surface area contributed by atoms with Gasteiger partial charge >= 0.3 is 0 Å². The number of nitrogens with zero attached hydrogens (tertiary/aromatic N) is 2. The lowest BCUT2D eigenvalue weighted by Gasteiger charge is -2.13. The first-order chi connectivity index (χ1) is 15.1. The van der Waals surface area contributed by atoms with E-state index in [1.54, 1.807) is 23.4 Å². The zero-order chi connectivity index (χ0) is 21.4. The van der Waals surface area contributed by atoms with Crippen molar-refractivity contribution in [3.8, 4) is 11.4 Å². The molecule has 0 aliphatic carbocycles. The largest absolute Gasteiger partial charge is 0.497 e. The second kappa shape index (κ2) is 8.24. The molecular formula is C24H18BrN3O2S. The van der Waals surface area contributed by atoms with E-state index >= 15 is 0 Å². The molecule has 1 N–H and O–H groups in total. The third kappa shape index (κ3) is 3.75. The SMILES string of the molecule is COc1ccc(-n2c(SCc3ccc(Br)cc3)nc3c([nH]c4ccccc43)c2=O)cc1. The summed E-state index contributed by atoms with van der Waals surface area (Å²) in [5.74, 6) is 1.43. The van der Waals surface area contributed by atoms with E-state index < -0.39 is 0 Å². The quantitative estimate of drug-likeness (QED) is 0.244. The number of halogens is 1. The van der Waals surface area contributed by atoms with Gasteiger partial charge in [0.2, 0.25) is 0 Å². The number of fused-ring (bicyclic) bond motifs is 3. The number of aromatic amines is 1. The van der Waals surface area contributed by atoms with Gasteiger partial charge in [0, 0.05) is 21.1 Å². The van der Waals surface area contributed by atoms with Crippen molar-refractivity contribution in [1.29, 1.82) is 0 Å². The maximum Gasteiger partial charge on any atom is 0.283 e. The second-order valence-electron chi connectivity index (χ2n) is 7.04. The van der Waals surface area contributed by atoms with E-state index in [-0.39, 0.29) is 5.56 Å². The maximum atomic E-state index is 13.6. The topological polar surface area (TPSA) is 59.9 Å². The summed E-state index contributed by atoms with van der Waals surface area (Å²) >= 11 is 5.02. The monoisotopic (exact) mass is 491 g/mol. The molecule has 0 bridgehead atoms. The van der Waals surface area contributed by atoms with Crippen LogP contribution in [0.1, 0.15) is 5.56 Å². The van der Waals surface area contributed by atoms with E-state index in [0.717, 1.165) is 32.4 Å². The minimum absolute atomic E-state index is 0.121. The minimum Gasteiger partial charge on any atom is -0.497 e. The van der Waals surface area contributed by atoms with Crippen molar-refractivity contribution in [1.82, 2.24) is 14.5 Å². The Morgan fingerprint density at radius 1 is 1.03 bits per heavy atom. The zero-order valence-electron chi connectivity index (χ0n) is 16.6. The van der Waals surface area contributed by atoms with Gasteiger partial charge in [0.25, 0.3) is 5.56 Å². The molecule has 0 spiro atoms. The molecule has 0 amide bonds. The molecule has 0 unspecified atom stereocenters. The summed E-state index contributed by atoms with van der Waals surface area (Å²) in [6, 6.07) is 23.5. The van der Waals surface area contributed by atoms with Gasteiger partial charge in [0.1, 0.15) is 16.8 Å². The number of hydrogen-bond donors (Lipinski definition) is 1. The fourth-order valence-electron chi connectivity index (χ4n) is 3.53. The Morgan fingerprint density at radius 2 is 1.77 bits per heavy atom. The Kier molecular flexibility index (Phi) is 5.29. The summed E-state index contributed by atoms with van der Waals surface area (Å²) < 4.78 is 7.98. The van der Waals surface area contributed by atoms with Gasteiger partial charge in [-0.05, 0) is 48.0 Å². The highest BCUT2D eigenvalue weighted by molar-refractivity contribution is 9.10. The molecule has 3 aromatic carbocycles. The third-order valence-electron chi connectivity index (χ3n) is 5.11. The van der Waals surface area contributed by atoms with Crippen molar-refractivity contribution >= 4 is 49.6 Å². The van der Waals surface area contributed by atoms with Crippen LogP contribution in [0.15, 0.2) is 87.2 Å². The van der Waals surface area contributed by atoms with E-state index in [0.29, 0.717) is 21.9 Å². The maximum absolute atomic E-state index is 13.6. The van der Waals surface area contributed by atoms with Gasteiger partial charge in [0.05, 0.1) is 12.8 Å². The number of ether oxygens (including phenoxy) is 1. The molecule has 5 aromatic rings. The zero-order valence-corrected chi connectivity index (χ0v) is 19.0. The summed E-state index contributed by atoms with van der Waals surface area (Å²) in [6.07, 6.45) is 0. The summed E-state index contributed by atoms with van der Waals surface area (Å²) in [4.78, 5) is 21.8. The number of benzene rings is 3. The van der Waals surface area contributed by atoms with E-state index in [1.165, 1.54) is 0 Å². The van der Waals surface area contributed by atoms with Crippen LogP contribution < -0.4 is 10.3 Å². The fraction of sp³-hybridized carbons (Fsp3) is 0.0833.